The van der Waals surface area contributed by atoms with Crippen molar-refractivity contribution in [3.8, 4) is 0 Å². The SMILES string of the molecule is CN(C(=O)C[NH+]1CCN(C(=O)c2ccccc2)CC1)[C@H]1CCCc2ccccc21. The van der Waals surface area contributed by atoms with Gasteiger partial charge in [-0.15, -0.1) is 0 Å². The predicted octanol–water partition coefficient (Wildman–Crippen LogP) is 1.56. The van der Waals surface area contributed by atoms with Crippen molar-refractivity contribution in [2.45, 2.75) is 25.3 Å². The molecule has 2 aromatic carbocycles. The highest BCUT2D eigenvalue weighted by molar-refractivity contribution is 5.94. The van der Waals surface area contributed by atoms with E-state index in [4.69, 9.17) is 0 Å². The van der Waals surface area contributed by atoms with Crippen LogP contribution < -0.4 is 4.90 Å². The van der Waals surface area contributed by atoms with Crippen LogP contribution in [0.1, 0.15) is 40.4 Å². The van der Waals surface area contributed by atoms with Crippen LogP contribution in [0.3, 0.4) is 0 Å². The lowest BCUT2D eigenvalue weighted by molar-refractivity contribution is -0.896. The lowest BCUT2D eigenvalue weighted by Crippen LogP contribution is -3.15. The zero-order valence-electron chi connectivity index (χ0n) is 17.1. The smallest absolute Gasteiger partial charge is 0.278 e. The lowest BCUT2D eigenvalue weighted by atomic mass is 9.87. The normalized spacial score (nSPS) is 19.5. The first-order valence-electron chi connectivity index (χ1n) is 10.6. The average molecular weight is 393 g/mol. The Bertz CT molecular complexity index is 859. The zero-order chi connectivity index (χ0) is 20.2. The van der Waals surface area contributed by atoms with Crippen LogP contribution in [0, 0.1) is 0 Å². The summed E-state index contributed by atoms with van der Waals surface area (Å²) in [6.45, 7) is 3.54. The molecule has 0 saturated carbocycles. The van der Waals surface area contributed by atoms with Gasteiger partial charge in [-0.1, -0.05) is 42.5 Å². The molecule has 1 saturated heterocycles. The van der Waals surface area contributed by atoms with Gasteiger partial charge < -0.3 is 14.7 Å². The quantitative estimate of drug-likeness (QED) is 0.858. The molecule has 1 N–H and O–H groups in total. The van der Waals surface area contributed by atoms with E-state index in [1.807, 2.05) is 47.2 Å². The van der Waals surface area contributed by atoms with Gasteiger partial charge in [0.05, 0.1) is 32.2 Å². The Hall–Kier alpha value is -2.66. The number of nitrogens with one attached hydrogen (secondary N) is 1. The van der Waals surface area contributed by atoms with Crippen molar-refractivity contribution in [3.63, 3.8) is 0 Å². The van der Waals surface area contributed by atoms with Gasteiger partial charge in [-0.05, 0) is 42.5 Å². The lowest BCUT2D eigenvalue weighted by Gasteiger charge is -2.36. The molecule has 5 nitrogen and oxygen atoms in total. The molecule has 1 aliphatic carbocycles. The number of carbonyl (C=O) groups excluding carboxylic acids is 2. The number of aryl methyl sites for hydroxylation is 1. The number of nitrogens with zero attached hydrogens (tertiary/aromatic N) is 2. The number of piperazine rings is 1. The highest BCUT2D eigenvalue weighted by atomic mass is 16.2. The third-order valence-electron chi connectivity index (χ3n) is 6.38. The summed E-state index contributed by atoms with van der Waals surface area (Å²) in [5, 5.41) is 0. The summed E-state index contributed by atoms with van der Waals surface area (Å²) in [6.07, 6.45) is 3.28. The van der Waals surface area contributed by atoms with Gasteiger partial charge in [-0.3, -0.25) is 9.59 Å². The van der Waals surface area contributed by atoms with E-state index < -0.39 is 0 Å². The topological polar surface area (TPSA) is 45.1 Å². The minimum absolute atomic E-state index is 0.0897. The van der Waals surface area contributed by atoms with Crippen LogP contribution in [0.25, 0.3) is 0 Å². The van der Waals surface area contributed by atoms with Crippen molar-refractivity contribution in [2.75, 3.05) is 39.8 Å². The third-order valence-corrected chi connectivity index (χ3v) is 6.38. The van der Waals surface area contributed by atoms with Crippen molar-refractivity contribution in [1.29, 1.82) is 0 Å². The maximum absolute atomic E-state index is 13.0. The van der Waals surface area contributed by atoms with E-state index in [1.54, 1.807) is 0 Å². The van der Waals surface area contributed by atoms with Crippen LogP contribution in [0.4, 0.5) is 0 Å². The molecular weight excluding hydrogens is 362 g/mol. The number of benzene rings is 2. The van der Waals surface area contributed by atoms with Crippen LogP contribution >= 0.6 is 0 Å². The number of carbonyl (C=O) groups is 2. The van der Waals surface area contributed by atoms with Crippen LogP contribution in [0.15, 0.2) is 54.6 Å². The van der Waals surface area contributed by atoms with Gasteiger partial charge in [-0.2, -0.15) is 0 Å². The Balaban J connectivity index is 1.32. The molecule has 5 heteroatoms. The maximum Gasteiger partial charge on any atom is 0.278 e. The van der Waals surface area contributed by atoms with Crippen LogP contribution in [0.2, 0.25) is 0 Å². The van der Waals surface area contributed by atoms with E-state index in [9.17, 15) is 9.59 Å². The molecule has 0 spiro atoms. The zero-order valence-corrected chi connectivity index (χ0v) is 17.1. The Morgan fingerprint density at radius 2 is 1.72 bits per heavy atom. The Labute approximate surface area is 172 Å². The average Bonchev–Trinajstić information content (AvgIpc) is 2.79. The van der Waals surface area contributed by atoms with E-state index in [2.05, 4.69) is 24.3 Å². The molecule has 1 aliphatic heterocycles. The summed E-state index contributed by atoms with van der Waals surface area (Å²) >= 11 is 0. The van der Waals surface area contributed by atoms with Crippen molar-refractivity contribution in [1.82, 2.24) is 9.80 Å². The highest BCUT2D eigenvalue weighted by Gasteiger charge is 2.30. The Kier molecular flexibility index (Phi) is 5.95. The van der Waals surface area contributed by atoms with Crippen molar-refractivity contribution in [3.05, 3.63) is 71.3 Å². The third kappa shape index (κ3) is 4.35. The minimum atomic E-state index is 0.0897. The monoisotopic (exact) mass is 392 g/mol. The number of rotatable bonds is 4. The number of quaternary nitrogens is 1. The van der Waals surface area contributed by atoms with Crippen molar-refractivity contribution >= 4 is 11.8 Å². The van der Waals surface area contributed by atoms with E-state index in [0.717, 1.165) is 37.9 Å². The Morgan fingerprint density at radius 3 is 2.48 bits per heavy atom. The van der Waals surface area contributed by atoms with Gasteiger partial charge >= 0.3 is 0 Å². The fourth-order valence-electron chi connectivity index (χ4n) is 4.61. The molecule has 2 aromatic rings. The fraction of sp³-hybridized carbons (Fsp3) is 0.417. The highest BCUT2D eigenvalue weighted by Crippen LogP contribution is 2.33. The summed E-state index contributed by atoms with van der Waals surface area (Å²) < 4.78 is 0. The molecule has 2 aliphatic rings. The second-order valence-electron chi connectivity index (χ2n) is 8.20. The summed E-state index contributed by atoms with van der Waals surface area (Å²) in [6, 6.07) is 18.1. The Morgan fingerprint density at radius 1 is 1.03 bits per heavy atom. The molecule has 0 radical (unpaired) electrons. The van der Waals surface area contributed by atoms with Gasteiger partial charge in [0.25, 0.3) is 11.8 Å². The van der Waals surface area contributed by atoms with Crippen LogP contribution in [0.5, 0.6) is 0 Å². The first-order valence-corrected chi connectivity index (χ1v) is 10.6. The molecule has 2 amide bonds. The van der Waals surface area contributed by atoms with Crippen LogP contribution in [-0.4, -0.2) is 61.4 Å². The largest absolute Gasteiger partial charge is 0.334 e. The summed E-state index contributed by atoms with van der Waals surface area (Å²) in [5.41, 5.74) is 3.43. The number of fused-ring (bicyclic) bond motifs is 1. The van der Waals surface area contributed by atoms with Gasteiger partial charge in [-0.25, -0.2) is 0 Å². The molecule has 1 atom stereocenters. The van der Waals surface area contributed by atoms with E-state index >= 15 is 0 Å². The van der Waals surface area contributed by atoms with Gasteiger partial charge in [0.2, 0.25) is 0 Å². The fourth-order valence-corrected chi connectivity index (χ4v) is 4.61. The molecule has 29 heavy (non-hydrogen) atoms. The second-order valence-corrected chi connectivity index (χ2v) is 8.20. The van der Waals surface area contributed by atoms with E-state index in [1.165, 1.54) is 16.0 Å². The van der Waals surface area contributed by atoms with Gasteiger partial charge in [0, 0.05) is 12.6 Å². The standard InChI is InChI=1S/C24H29N3O2/c1-25(22-13-7-11-19-8-5-6-12-21(19)22)23(28)18-26-14-16-27(17-15-26)24(29)20-9-3-2-4-10-20/h2-6,8-10,12,22H,7,11,13-18H2,1H3/p+1/t22-/m0/s1. The molecule has 1 fully saturated rings. The molecule has 0 bridgehead atoms. The molecule has 152 valence electrons. The number of amides is 2. The van der Waals surface area contributed by atoms with Gasteiger partial charge in [0.1, 0.15) is 0 Å². The van der Waals surface area contributed by atoms with Crippen molar-refractivity contribution < 1.29 is 14.5 Å². The summed E-state index contributed by atoms with van der Waals surface area (Å²) in [7, 11) is 1.95. The van der Waals surface area contributed by atoms with Crippen molar-refractivity contribution in [2.24, 2.45) is 0 Å². The van der Waals surface area contributed by atoms with Gasteiger partial charge in [0.15, 0.2) is 6.54 Å². The molecular formula is C24H30N3O2+. The maximum atomic E-state index is 13.0. The van der Waals surface area contributed by atoms with Crippen LogP contribution in [-0.2, 0) is 11.2 Å². The first-order chi connectivity index (χ1) is 14.1. The molecule has 1 heterocycles. The first kappa shape index (κ1) is 19.6. The van der Waals surface area contributed by atoms with E-state index in [-0.39, 0.29) is 17.9 Å². The predicted molar refractivity (Wildman–Crippen MR) is 113 cm³/mol. The number of likely N-dealkylation sites (N-methyl/N-ethyl adjacent to an activating group) is 1. The molecule has 0 aromatic heterocycles. The number of hydrogen-bond acceptors (Lipinski definition) is 2. The van der Waals surface area contributed by atoms with E-state index in [0.29, 0.717) is 19.6 Å². The molecule has 0 unspecified atom stereocenters. The number of hydrogen-bond donors (Lipinski definition) is 1. The second kappa shape index (κ2) is 8.78. The summed E-state index contributed by atoms with van der Waals surface area (Å²) in [4.78, 5) is 30.7. The minimum Gasteiger partial charge on any atom is -0.334 e. The molecule has 4 rings (SSSR count). The summed E-state index contributed by atoms with van der Waals surface area (Å²) in [5.74, 6) is 0.288.